The quantitative estimate of drug-likeness (QED) is 0.305. The van der Waals surface area contributed by atoms with Crippen LogP contribution >= 0.6 is 0 Å². The zero-order chi connectivity index (χ0) is 16.1. The van der Waals surface area contributed by atoms with Crippen molar-refractivity contribution in [1.82, 2.24) is 5.32 Å². The highest BCUT2D eigenvalue weighted by Crippen LogP contribution is 2.05. The van der Waals surface area contributed by atoms with Gasteiger partial charge in [0.15, 0.2) is 5.25 Å². The predicted octanol–water partition coefficient (Wildman–Crippen LogP) is -2.24. The Morgan fingerprint density at radius 1 is 0.950 bits per heavy atom. The summed E-state index contributed by atoms with van der Waals surface area (Å²) in [7, 11) is -5.06. The van der Waals surface area contributed by atoms with E-state index in [2.05, 4.69) is 0 Å². The summed E-state index contributed by atoms with van der Waals surface area (Å²) in [6.07, 6.45) is -2.23. The molecule has 0 aliphatic carbocycles. The molecule has 0 aromatic rings. The summed E-state index contributed by atoms with van der Waals surface area (Å²) < 4.78 is 30.0. The van der Waals surface area contributed by atoms with Gasteiger partial charge in [-0.3, -0.25) is 18.9 Å². The molecule has 0 aliphatic heterocycles. The molecule has 11 nitrogen and oxygen atoms in total. The Hall–Kier alpha value is -2.21. The summed E-state index contributed by atoms with van der Waals surface area (Å²) in [5.74, 6) is -6.59. The van der Waals surface area contributed by atoms with Gasteiger partial charge in [0.1, 0.15) is 6.04 Å². The van der Waals surface area contributed by atoms with Crippen LogP contribution in [0, 0.1) is 0 Å². The van der Waals surface area contributed by atoms with E-state index < -0.39 is 58.1 Å². The van der Waals surface area contributed by atoms with Crippen LogP contribution in [0.2, 0.25) is 0 Å². The third-order valence-corrected chi connectivity index (χ3v) is 3.11. The number of carbonyl (C=O) groups is 4. The zero-order valence-corrected chi connectivity index (χ0v) is 10.5. The van der Waals surface area contributed by atoms with Crippen LogP contribution in [-0.2, 0) is 29.3 Å². The van der Waals surface area contributed by atoms with Crippen LogP contribution in [0.5, 0.6) is 0 Å². The molecule has 0 radical (unpaired) electrons. The van der Waals surface area contributed by atoms with Gasteiger partial charge in [0.05, 0.1) is 12.8 Å². The highest BCUT2D eigenvalue weighted by Gasteiger charge is 2.34. The van der Waals surface area contributed by atoms with Crippen LogP contribution in [0.1, 0.15) is 12.8 Å². The van der Waals surface area contributed by atoms with Crippen molar-refractivity contribution in [3.05, 3.63) is 0 Å². The molecule has 20 heavy (non-hydrogen) atoms. The number of hydrogen-bond acceptors (Lipinski definition) is 6. The Bertz CT molecular complexity index is 523. The van der Waals surface area contributed by atoms with Gasteiger partial charge in [-0.25, -0.2) is 4.79 Å². The molecule has 2 unspecified atom stereocenters. The monoisotopic (exact) mass is 313 g/mol. The van der Waals surface area contributed by atoms with E-state index in [1.54, 1.807) is 5.32 Å². The van der Waals surface area contributed by atoms with Gasteiger partial charge in [-0.05, 0) is 0 Å². The number of aliphatic carboxylic acids is 3. The van der Waals surface area contributed by atoms with Gasteiger partial charge in [0, 0.05) is 0 Å². The van der Waals surface area contributed by atoms with E-state index in [9.17, 15) is 27.6 Å². The van der Waals surface area contributed by atoms with Crippen molar-refractivity contribution in [3.63, 3.8) is 0 Å². The summed E-state index contributed by atoms with van der Waals surface area (Å²) in [6, 6.07) is -1.85. The number of nitrogens with one attached hydrogen (secondary N) is 1. The highest BCUT2D eigenvalue weighted by molar-refractivity contribution is 7.87. The van der Waals surface area contributed by atoms with Crippen LogP contribution < -0.4 is 5.32 Å². The fourth-order valence-corrected chi connectivity index (χ4v) is 1.73. The molecule has 0 aliphatic rings. The molecule has 0 heterocycles. The van der Waals surface area contributed by atoms with Crippen molar-refractivity contribution in [2.24, 2.45) is 0 Å². The summed E-state index contributed by atoms with van der Waals surface area (Å²) in [5.41, 5.74) is 0. The van der Waals surface area contributed by atoms with Gasteiger partial charge in [-0.2, -0.15) is 8.42 Å². The van der Waals surface area contributed by atoms with Gasteiger partial charge >= 0.3 is 17.9 Å². The van der Waals surface area contributed by atoms with E-state index >= 15 is 0 Å². The van der Waals surface area contributed by atoms with Gasteiger partial charge in [-0.15, -0.1) is 0 Å². The first-order chi connectivity index (χ1) is 8.95. The third-order valence-electron chi connectivity index (χ3n) is 2.02. The number of rotatable bonds is 8. The van der Waals surface area contributed by atoms with Gasteiger partial charge in [-0.1, -0.05) is 0 Å². The average molecular weight is 313 g/mol. The predicted molar refractivity (Wildman–Crippen MR) is 59.4 cm³/mol. The Morgan fingerprint density at radius 2 is 1.45 bits per heavy atom. The summed E-state index contributed by atoms with van der Waals surface area (Å²) in [5, 5.41) is 24.7. The second-order valence-corrected chi connectivity index (χ2v) is 5.20. The molecule has 0 fully saturated rings. The van der Waals surface area contributed by atoms with Crippen LogP contribution in [0.25, 0.3) is 0 Å². The summed E-state index contributed by atoms with van der Waals surface area (Å²) >= 11 is 0. The molecule has 0 aromatic heterocycles. The number of carboxylic acid groups (broad SMARTS) is 3. The Labute approximate surface area is 112 Å². The molecule has 0 saturated carbocycles. The molecule has 2 atom stereocenters. The van der Waals surface area contributed by atoms with Gasteiger partial charge in [0.25, 0.3) is 10.1 Å². The molecule has 0 saturated heterocycles. The van der Waals surface area contributed by atoms with Gasteiger partial charge in [0.2, 0.25) is 5.91 Å². The molecule has 0 rings (SSSR count). The first-order valence-electron chi connectivity index (χ1n) is 4.88. The largest absolute Gasteiger partial charge is 0.481 e. The molecule has 12 heteroatoms. The summed E-state index contributed by atoms with van der Waals surface area (Å²) in [6.45, 7) is 0. The maximum Gasteiger partial charge on any atom is 0.326 e. The van der Waals surface area contributed by atoms with E-state index in [1.807, 2.05) is 0 Å². The minimum atomic E-state index is -5.06. The molecule has 0 aromatic carbocycles. The van der Waals surface area contributed by atoms with Crippen LogP contribution in [-0.4, -0.2) is 63.4 Å². The Morgan fingerprint density at radius 3 is 1.75 bits per heavy atom. The minimum absolute atomic E-state index is 0.981. The van der Waals surface area contributed by atoms with Crippen LogP contribution in [0.15, 0.2) is 0 Å². The first kappa shape index (κ1) is 17.8. The molecule has 5 N–H and O–H groups in total. The molecular weight excluding hydrogens is 302 g/mol. The highest BCUT2D eigenvalue weighted by atomic mass is 32.2. The normalized spacial score (nSPS) is 14.1. The number of carboxylic acids is 3. The van der Waals surface area contributed by atoms with Crippen molar-refractivity contribution in [1.29, 1.82) is 0 Å². The average Bonchev–Trinajstić information content (AvgIpc) is 2.22. The fraction of sp³-hybridized carbons (Fsp3) is 0.500. The van der Waals surface area contributed by atoms with E-state index in [0.29, 0.717) is 0 Å². The number of carbonyl (C=O) groups excluding carboxylic acids is 1. The standard InChI is InChI=1S/C8H11NO10S/c10-5(2-4(8(15)16)20(17,18)19)9-3(7(13)14)1-6(11)12/h3-4H,1-2H2,(H,9,10)(H,11,12)(H,13,14)(H,15,16)(H,17,18,19). The SMILES string of the molecule is O=C(O)CC(NC(=O)CC(C(=O)O)S(=O)(=O)O)C(=O)O. The van der Waals surface area contributed by atoms with Crippen molar-refractivity contribution in [2.75, 3.05) is 0 Å². The van der Waals surface area contributed by atoms with E-state index in [0.717, 1.165) is 0 Å². The molecule has 0 bridgehead atoms. The lowest BCUT2D eigenvalue weighted by Gasteiger charge is -2.14. The first-order valence-corrected chi connectivity index (χ1v) is 6.38. The van der Waals surface area contributed by atoms with Crippen LogP contribution in [0.3, 0.4) is 0 Å². The molecule has 1 amide bonds. The smallest absolute Gasteiger partial charge is 0.326 e. The van der Waals surface area contributed by atoms with Crippen LogP contribution in [0.4, 0.5) is 0 Å². The van der Waals surface area contributed by atoms with Crippen molar-refractivity contribution >= 4 is 33.9 Å². The molecular formula is C8H11NO10S. The molecule has 114 valence electrons. The molecule has 0 spiro atoms. The van der Waals surface area contributed by atoms with Crippen molar-refractivity contribution in [3.8, 4) is 0 Å². The van der Waals surface area contributed by atoms with Crippen molar-refractivity contribution in [2.45, 2.75) is 24.1 Å². The minimum Gasteiger partial charge on any atom is -0.481 e. The topological polar surface area (TPSA) is 195 Å². The lowest BCUT2D eigenvalue weighted by atomic mass is 10.2. The Balaban J connectivity index is 4.87. The number of hydrogen-bond donors (Lipinski definition) is 5. The fourth-order valence-electron chi connectivity index (χ4n) is 1.12. The van der Waals surface area contributed by atoms with Gasteiger partial charge < -0.3 is 20.6 Å². The maximum absolute atomic E-state index is 11.3. The third kappa shape index (κ3) is 6.10. The lowest BCUT2D eigenvalue weighted by molar-refractivity contribution is -0.147. The number of amides is 1. The second-order valence-electron chi connectivity index (χ2n) is 3.60. The lowest BCUT2D eigenvalue weighted by Crippen LogP contribution is -2.45. The second kappa shape index (κ2) is 6.81. The summed E-state index contributed by atoms with van der Waals surface area (Å²) in [4.78, 5) is 42.8. The van der Waals surface area contributed by atoms with E-state index in [-0.39, 0.29) is 0 Å². The van der Waals surface area contributed by atoms with E-state index in [4.69, 9.17) is 19.9 Å². The zero-order valence-electron chi connectivity index (χ0n) is 9.72. The Kier molecular flexibility index (Phi) is 6.06. The van der Waals surface area contributed by atoms with E-state index in [1.165, 1.54) is 0 Å². The van der Waals surface area contributed by atoms with Crippen molar-refractivity contribution < 1.29 is 47.5 Å². The maximum atomic E-state index is 11.3.